The zero-order valence-corrected chi connectivity index (χ0v) is 14.2. The van der Waals surface area contributed by atoms with Crippen LogP contribution in [0.2, 0.25) is 5.02 Å². The van der Waals surface area contributed by atoms with E-state index in [1.165, 1.54) is 18.4 Å². The Morgan fingerprint density at radius 3 is 2.10 bits per heavy atom. The molecule has 1 aliphatic carbocycles. The van der Waals surface area contributed by atoms with E-state index in [2.05, 4.69) is 52.1 Å². The fourth-order valence-electron chi connectivity index (χ4n) is 3.47. The lowest BCUT2D eigenvalue weighted by atomic mass is 10.0. The van der Waals surface area contributed by atoms with Gasteiger partial charge >= 0.3 is 0 Å². The average molecular weight is 294 g/mol. The number of rotatable bonds is 6. The molecule has 0 amide bonds. The van der Waals surface area contributed by atoms with E-state index in [0.29, 0.717) is 16.9 Å². The van der Waals surface area contributed by atoms with Gasteiger partial charge in [0.15, 0.2) is 0 Å². The molecule has 1 saturated carbocycles. The lowest BCUT2D eigenvalue weighted by Crippen LogP contribution is -2.25. The van der Waals surface area contributed by atoms with Crippen LogP contribution in [0, 0.1) is 16.7 Å². The minimum Gasteiger partial charge on any atom is -0.310 e. The van der Waals surface area contributed by atoms with Crippen molar-refractivity contribution in [1.29, 1.82) is 0 Å². The fourth-order valence-corrected chi connectivity index (χ4v) is 3.60. The van der Waals surface area contributed by atoms with Crippen LogP contribution in [0.5, 0.6) is 0 Å². The Morgan fingerprint density at radius 1 is 1.10 bits per heavy atom. The Bertz CT molecular complexity index is 433. The van der Waals surface area contributed by atoms with Crippen molar-refractivity contribution in [1.82, 2.24) is 5.32 Å². The molecule has 0 saturated heterocycles. The van der Waals surface area contributed by atoms with Gasteiger partial charge in [-0.15, -0.1) is 0 Å². The van der Waals surface area contributed by atoms with Crippen molar-refractivity contribution in [3.63, 3.8) is 0 Å². The first-order chi connectivity index (χ1) is 9.30. The highest BCUT2D eigenvalue weighted by molar-refractivity contribution is 6.30. The summed E-state index contributed by atoms with van der Waals surface area (Å²) in [6, 6.07) is 8.74. The monoisotopic (exact) mass is 293 g/mol. The molecular formula is C18H28ClN. The molecule has 2 rings (SSSR count). The van der Waals surface area contributed by atoms with Crippen molar-refractivity contribution in [2.45, 2.75) is 53.5 Å². The van der Waals surface area contributed by atoms with Crippen molar-refractivity contribution in [3.05, 3.63) is 34.9 Å². The molecule has 2 heteroatoms. The molecule has 0 heterocycles. The second-order valence-electron chi connectivity index (χ2n) is 7.30. The minimum atomic E-state index is 0.449. The molecule has 1 N–H and O–H groups in total. The minimum absolute atomic E-state index is 0.449. The molecular weight excluding hydrogens is 266 g/mol. The lowest BCUT2D eigenvalue weighted by Gasteiger charge is -2.19. The predicted octanol–water partition coefficient (Wildman–Crippen LogP) is 5.45. The Morgan fingerprint density at radius 2 is 1.65 bits per heavy atom. The fraction of sp³-hybridized carbons (Fsp3) is 0.667. The maximum atomic E-state index is 5.99. The van der Waals surface area contributed by atoms with E-state index in [4.69, 9.17) is 11.6 Å². The zero-order chi connectivity index (χ0) is 15.0. The highest BCUT2D eigenvalue weighted by atomic mass is 35.5. The van der Waals surface area contributed by atoms with Gasteiger partial charge in [-0.25, -0.2) is 0 Å². The van der Waals surface area contributed by atoms with E-state index in [-0.39, 0.29) is 0 Å². The Labute approximate surface area is 129 Å². The molecule has 0 aliphatic heterocycles. The highest BCUT2D eigenvalue weighted by Crippen LogP contribution is 2.68. The van der Waals surface area contributed by atoms with Crippen LogP contribution >= 0.6 is 11.6 Å². The maximum absolute atomic E-state index is 5.99. The zero-order valence-electron chi connectivity index (χ0n) is 13.5. The van der Waals surface area contributed by atoms with Gasteiger partial charge < -0.3 is 5.32 Å². The van der Waals surface area contributed by atoms with Crippen LogP contribution in [0.1, 0.15) is 59.1 Å². The first-order valence-corrected chi connectivity index (χ1v) is 8.17. The summed E-state index contributed by atoms with van der Waals surface area (Å²) in [5, 5.41) is 4.60. The predicted molar refractivity (Wildman–Crippen MR) is 88.2 cm³/mol. The third-order valence-corrected chi connectivity index (χ3v) is 5.99. The third kappa shape index (κ3) is 2.89. The van der Waals surface area contributed by atoms with Gasteiger partial charge in [-0.05, 0) is 47.4 Å². The van der Waals surface area contributed by atoms with Crippen LogP contribution in [-0.2, 0) is 0 Å². The topological polar surface area (TPSA) is 12.0 Å². The molecule has 0 aromatic heterocycles. The summed E-state index contributed by atoms with van der Waals surface area (Å²) < 4.78 is 0. The normalized spacial score (nSPS) is 21.7. The average Bonchev–Trinajstić information content (AvgIpc) is 2.77. The van der Waals surface area contributed by atoms with E-state index < -0.39 is 0 Å². The van der Waals surface area contributed by atoms with E-state index in [1.807, 2.05) is 12.1 Å². The molecule has 1 unspecified atom stereocenters. The van der Waals surface area contributed by atoms with Crippen molar-refractivity contribution in [2.75, 3.05) is 6.54 Å². The van der Waals surface area contributed by atoms with Crippen molar-refractivity contribution in [3.8, 4) is 0 Å². The molecule has 0 spiro atoms. The molecule has 1 aromatic carbocycles. The van der Waals surface area contributed by atoms with Crippen LogP contribution in [0.4, 0.5) is 0 Å². The van der Waals surface area contributed by atoms with Gasteiger partial charge in [-0.3, -0.25) is 0 Å². The Balaban J connectivity index is 1.99. The van der Waals surface area contributed by atoms with Crippen molar-refractivity contribution in [2.24, 2.45) is 16.7 Å². The van der Waals surface area contributed by atoms with Gasteiger partial charge in [-0.2, -0.15) is 0 Å². The SMILES string of the molecule is CCCC(NCC1C(C)(C)C1(C)C)c1ccc(Cl)cc1. The number of halogens is 1. The molecule has 1 aromatic rings. The van der Waals surface area contributed by atoms with Crippen molar-refractivity contribution < 1.29 is 0 Å². The molecule has 1 aliphatic rings. The maximum Gasteiger partial charge on any atom is 0.0406 e. The lowest BCUT2D eigenvalue weighted by molar-refractivity contribution is 0.447. The first-order valence-electron chi connectivity index (χ1n) is 7.79. The molecule has 1 fully saturated rings. The molecule has 20 heavy (non-hydrogen) atoms. The third-order valence-electron chi connectivity index (χ3n) is 5.74. The number of nitrogens with one attached hydrogen (secondary N) is 1. The highest BCUT2D eigenvalue weighted by Gasteiger charge is 2.63. The standard InChI is InChI=1S/C18H28ClN/c1-6-7-15(13-8-10-14(19)11-9-13)20-12-16-17(2,3)18(16,4)5/h8-11,15-16,20H,6-7,12H2,1-5H3. The molecule has 0 radical (unpaired) electrons. The number of benzene rings is 1. The molecule has 1 atom stereocenters. The molecule has 112 valence electrons. The first kappa shape index (κ1) is 15.9. The smallest absolute Gasteiger partial charge is 0.0406 e. The number of hydrogen-bond donors (Lipinski definition) is 1. The molecule has 1 nitrogen and oxygen atoms in total. The quantitative estimate of drug-likeness (QED) is 0.735. The van der Waals surface area contributed by atoms with Crippen LogP contribution in [0.25, 0.3) is 0 Å². The van der Waals surface area contributed by atoms with Crippen LogP contribution in [0.3, 0.4) is 0 Å². The second kappa shape index (κ2) is 5.69. The summed E-state index contributed by atoms with van der Waals surface area (Å²) in [5.41, 5.74) is 2.26. The van der Waals surface area contributed by atoms with Crippen molar-refractivity contribution >= 4 is 11.6 Å². The van der Waals surface area contributed by atoms with E-state index >= 15 is 0 Å². The summed E-state index contributed by atoms with van der Waals surface area (Å²) >= 11 is 5.99. The van der Waals surface area contributed by atoms with Gasteiger partial charge in [0.2, 0.25) is 0 Å². The number of hydrogen-bond acceptors (Lipinski definition) is 1. The second-order valence-corrected chi connectivity index (χ2v) is 7.73. The van der Waals surface area contributed by atoms with Gasteiger partial charge in [-0.1, -0.05) is 64.8 Å². The summed E-state index contributed by atoms with van der Waals surface area (Å²) in [6.07, 6.45) is 2.37. The summed E-state index contributed by atoms with van der Waals surface area (Å²) in [7, 11) is 0. The summed E-state index contributed by atoms with van der Waals surface area (Å²) in [6.45, 7) is 12.9. The molecule has 0 bridgehead atoms. The van der Waals surface area contributed by atoms with Gasteiger partial charge in [0.1, 0.15) is 0 Å². The van der Waals surface area contributed by atoms with E-state index in [0.717, 1.165) is 17.5 Å². The van der Waals surface area contributed by atoms with E-state index in [1.54, 1.807) is 0 Å². The Hall–Kier alpha value is -0.530. The Kier molecular flexibility index (Phi) is 4.51. The van der Waals surface area contributed by atoms with Crippen LogP contribution in [-0.4, -0.2) is 6.54 Å². The van der Waals surface area contributed by atoms with E-state index in [9.17, 15) is 0 Å². The van der Waals surface area contributed by atoms with Gasteiger partial charge in [0, 0.05) is 11.1 Å². The summed E-state index contributed by atoms with van der Waals surface area (Å²) in [5.74, 6) is 0.765. The largest absolute Gasteiger partial charge is 0.310 e. The van der Waals surface area contributed by atoms with Crippen LogP contribution in [0.15, 0.2) is 24.3 Å². The summed E-state index contributed by atoms with van der Waals surface area (Å²) in [4.78, 5) is 0. The van der Waals surface area contributed by atoms with Crippen LogP contribution < -0.4 is 5.32 Å². The van der Waals surface area contributed by atoms with Gasteiger partial charge in [0.05, 0.1) is 0 Å². The van der Waals surface area contributed by atoms with Gasteiger partial charge in [0.25, 0.3) is 0 Å².